The fourth-order valence-corrected chi connectivity index (χ4v) is 2.70. The number of nitrogens with zero attached hydrogens (tertiary/aromatic N) is 2. The number of rotatable bonds is 3. The van der Waals surface area contributed by atoms with Gasteiger partial charge in [0.1, 0.15) is 11.1 Å². The van der Waals surface area contributed by atoms with Crippen LogP contribution in [0.3, 0.4) is 0 Å². The van der Waals surface area contributed by atoms with Crippen LogP contribution in [0, 0.1) is 0 Å². The van der Waals surface area contributed by atoms with E-state index in [9.17, 15) is 9.59 Å². The van der Waals surface area contributed by atoms with Crippen molar-refractivity contribution in [2.24, 2.45) is 0 Å². The molecule has 22 heavy (non-hydrogen) atoms. The number of amides is 1. The molecule has 1 aliphatic rings. The Morgan fingerprint density at radius 1 is 1.23 bits per heavy atom. The maximum Gasteiger partial charge on any atom is 0.349 e. The lowest BCUT2D eigenvalue weighted by Gasteiger charge is -2.33. The molecule has 1 aliphatic heterocycles. The molecule has 2 aromatic rings. The number of carbonyl (C=O) groups excluding carboxylic acids is 1. The first kappa shape index (κ1) is 14.5. The fraction of sp³-hybridized carbons (Fsp3) is 0.294. The predicted octanol–water partition coefficient (Wildman–Crippen LogP) is 1.74. The molecule has 3 rings (SSSR count). The molecule has 5 heteroatoms. The molecule has 0 radical (unpaired) electrons. The van der Waals surface area contributed by atoms with Gasteiger partial charge in [-0.05, 0) is 12.1 Å². The molecule has 1 aromatic heterocycles. The second-order valence-electron chi connectivity index (χ2n) is 5.37. The topological polar surface area (TPSA) is 53.8 Å². The third kappa shape index (κ3) is 2.80. The second kappa shape index (κ2) is 6.15. The molecule has 0 spiro atoms. The summed E-state index contributed by atoms with van der Waals surface area (Å²) in [6.45, 7) is 7.34. The van der Waals surface area contributed by atoms with E-state index < -0.39 is 5.63 Å². The van der Waals surface area contributed by atoms with E-state index in [1.165, 1.54) is 0 Å². The smallest absolute Gasteiger partial charge is 0.349 e. The third-order valence-corrected chi connectivity index (χ3v) is 3.92. The van der Waals surface area contributed by atoms with E-state index in [-0.39, 0.29) is 11.5 Å². The largest absolute Gasteiger partial charge is 0.422 e. The molecular formula is C17H18N2O3. The molecule has 0 N–H and O–H groups in total. The van der Waals surface area contributed by atoms with E-state index in [4.69, 9.17) is 4.42 Å². The van der Waals surface area contributed by atoms with Crippen LogP contribution in [0.5, 0.6) is 0 Å². The fourth-order valence-electron chi connectivity index (χ4n) is 2.70. The Bertz CT molecular complexity index is 758. The lowest BCUT2D eigenvalue weighted by atomic mass is 10.1. The van der Waals surface area contributed by atoms with Crippen molar-refractivity contribution in [2.75, 3.05) is 32.7 Å². The van der Waals surface area contributed by atoms with Gasteiger partial charge in [-0.25, -0.2) is 4.79 Å². The molecule has 0 bridgehead atoms. The van der Waals surface area contributed by atoms with E-state index in [0.29, 0.717) is 18.7 Å². The van der Waals surface area contributed by atoms with Crippen LogP contribution in [0.2, 0.25) is 0 Å². The Labute approximate surface area is 128 Å². The molecule has 5 nitrogen and oxygen atoms in total. The van der Waals surface area contributed by atoms with Crippen LogP contribution in [0.4, 0.5) is 0 Å². The summed E-state index contributed by atoms with van der Waals surface area (Å²) in [6.07, 6.45) is 1.86. The van der Waals surface area contributed by atoms with Gasteiger partial charge in [0.25, 0.3) is 5.91 Å². The van der Waals surface area contributed by atoms with Crippen molar-refractivity contribution in [3.05, 3.63) is 59.0 Å². The minimum atomic E-state index is -0.572. The number of hydrogen-bond donors (Lipinski definition) is 0. The zero-order chi connectivity index (χ0) is 15.5. The van der Waals surface area contributed by atoms with Crippen LogP contribution in [0.1, 0.15) is 10.4 Å². The monoisotopic (exact) mass is 298 g/mol. The maximum atomic E-state index is 12.6. The summed E-state index contributed by atoms with van der Waals surface area (Å²) in [6, 6.07) is 8.83. The van der Waals surface area contributed by atoms with Crippen molar-refractivity contribution in [1.82, 2.24) is 9.80 Å². The Morgan fingerprint density at radius 3 is 2.68 bits per heavy atom. The molecule has 0 unspecified atom stereocenters. The molecule has 1 amide bonds. The van der Waals surface area contributed by atoms with Gasteiger partial charge in [-0.3, -0.25) is 9.69 Å². The minimum absolute atomic E-state index is 0.107. The third-order valence-electron chi connectivity index (χ3n) is 3.92. The lowest BCUT2D eigenvalue weighted by Crippen LogP contribution is -2.49. The van der Waals surface area contributed by atoms with Gasteiger partial charge in [-0.15, -0.1) is 6.58 Å². The number of fused-ring (bicyclic) bond motifs is 1. The van der Waals surface area contributed by atoms with Crippen molar-refractivity contribution in [2.45, 2.75) is 0 Å². The highest BCUT2D eigenvalue weighted by Crippen LogP contribution is 2.14. The Hall–Kier alpha value is -2.40. The SMILES string of the molecule is C=CCN1CCN(C(=O)c2cc3ccccc3oc2=O)CC1. The molecule has 1 fully saturated rings. The average molecular weight is 298 g/mol. The lowest BCUT2D eigenvalue weighted by molar-refractivity contribution is 0.0646. The predicted molar refractivity (Wildman–Crippen MR) is 85.0 cm³/mol. The molecule has 1 saturated heterocycles. The number of carbonyl (C=O) groups is 1. The highest BCUT2D eigenvalue weighted by molar-refractivity contribution is 5.96. The van der Waals surface area contributed by atoms with Gasteiger partial charge in [0.05, 0.1) is 0 Å². The van der Waals surface area contributed by atoms with Gasteiger partial charge in [0.15, 0.2) is 0 Å². The second-order valence-corrected chi connectivity index (χ2v) is 5.37. The van der Waals surface area contributed by atoms with Crippen LogP contribution in [0.15, 0.2) is 52.2 Å². The van der Waals surface area contributed by atoms with E-state index in [1.54, 1.807) is 23.1 Å². The van der Waals surface area contributed by atoms with E-state index >= 15 is 0 Å². The van der Waals surface area contributed by atoms with Crippen molar-refractivity contribution in [3.8, 4) is 0 Å². The van der Waals surface area contributed by atoms with Crippen molar-refractivity contribution < 1.29 is 9.21 Å². The standard InChI is InChI=1S/C17H18N2O3/c1-2-7-18-8-10-19(11-9-18)16(20)14-12-13-5-3-4-6-15(13)22-17(14)21/h2-6,12H,1,7-11H2. The van der Waals surface area contributed by atoms with Crippen LogP contribution < -0.4 is 5.63 Å². The zero-order valence-electron chi connectivity index (χ0n) is 12.3. The summed E-state index contributed by atoms with van der Waals surface area (Å²) >= 11 is 0. The molecule has 0 atom stereocenters. The van der Waals surface area contributed by atoms with Gasteiger partial charge in [-0.1, -0.05) is 24.3 Å². The summed E-state index contributed by atoms with van der Waals surface area (Å²) in [4.78, 5) is 28.5. The van der Waals surface area contributed by atoms with Crippen molar-refractivity contribution in [1.29, 1.82) is 0 Å². The van der Waals surface area contributed by atoms with E-state index in [0.717, 1.165) is 25.0 Å². The van der Waals surface area contributed by atoms with Crippen LogP contribution >= 0.6 is 0 Å². The number of para-hydroxylation sites is 1. The maximum absolute atomic E-state index is 12.6. The van der Waals surface area contributed by atoms with Crippen molar-refractivity contribution in [3.63, 3.8) is 0 Å². The van der Waals surface area contributed by atoms with E-state index in [1.807, 2.05) is 18.2 Å². The molecule has 1 aromatic carbocycles. The van der Waals surface area contributed by atoms with Crippen LogP contribution in [-0.2, 0) is 0 Å². The molecule has 0 aliphatic carbocycles. The molecule has 0 saturated carbocycles. The minimum Gasteiger partial charge on any atom is -0.422 e. The normalized spacial score (nSPS) is 15.9. The van der Waals surface area contributed by atoms with Gasteiger partial charge in [0.2, 0.25) is 0 Å². The highest BCUT2D eigenvalue weighted by Gasteiger charge is 2.24. The summed E-state index contributed by atoms with van der Waals surface area (Å²) in [5, 5.41) is 0.760. The quantitative estimate of drug-likeness (QED) is 0.640. The highest BCUT2D eigenvalue weighted by atomic mass is 16.4. The molecular weight excluding hydrogens is 280 g/mol. The zero-order valence-corrected chi connectivity index (χ0v) is 12.3. The summed E-state index contributed by atoms with van der Waals surface area (Å²) < 4.78 is 5.24. The Balaban J connectivity index is 1.82. The summed E-state index contributed by atoms with van der Waals surface area (Å²) in [5.41, 5.74) is 0.0351. The van der Waals surface area contributed by atoms with Gasteiger partial charge >= 0.3 is 5.63 Å². The van der Waals surface area contributed by atoms with Gasteiger partial charge in [-0.2, -0.15) is 0 Å². The van der Waals surface area contributed by atoms with Crippen LogP contribution in [-0.4, -0.2) is 48.4 Å². The van der Waals surface area contributed by atoms with Crippen LogP contribution in [0.25, 0.3) is 11.0 Å². The van der Waals surface area contributed by atoms with E-state index in [2.05, 4.69) is 11.5 Å². The Kier molecular flexibility index (Phi) is 4.06. The number of benzene rings is 1. The average Bonchev–Trinajstić information content (AvgIpc) is 2.54. The molecule has 2 heterocycles. The van der Waals surface area contributed by atoms with Gasteiger partial charge in [0, 0.05) is 38.1 Å². The Morgan fingerprint density at radius 2 is 1.95 bits per heavy atom. The molecule has 114 valence electrons. The first-order valence-corrected chi connectivity index (χ1v) is 7.34. The first-order chi connectivity index (χ1) is 10.7. The number of hydrogen-bond acceptors (Lipinski definition) is 4. The summed E-state index contributed by atoms with van der Waals surface area (Å²) in [5.74, 6) is -0.252. The van der Waals surface area contributed by atoms with Crippen molar-refractivity contribution >= 4 is 16.9 Å². The summed E-state index contributed by atoms with van der Waals surface area (Å²) in [7, 11) is 0. The van der Waals surface area contributed by atoms with Gasteiger partial charge < -0.3 is 9.32 Å². The number of piperazine rings is 1. The first-order valence-electron chi connectivity index (χ1n) is 7.34.